The average Bonchev–Trinajstić information content (AvgIpc) is 2.59. The summed E-state index contributed by atoms with van der Waals surface area (Å²) < 4.78 is 6.09. The summed E-state index contributed by atoms with van der Waals surface area (Å²) in [4.78, 5) is 35.0. The predicted molar refractivity (Wildman–Crippen MR) is 112 cm³/mol. The first kappa shape index (κ1) is 23.9. The molecule has 1 aromatic carbocycles. The molecule has 28 heavy (non-hydrogen) atoms. The summed E-state index contributed by atoms with van der Waals surface area (Å²) in [5.41, 5.74) is 0.541. The number of benzene rings is 1. The van der Waals surface area contributed by atoms with Gasteiger partial charge in [-0.05, 0) is 45.2 Å². The first-order valence-electron chi connectivity index (χ1n) is 9.41. The van der Waals surface area contributed by atoms with Crippen LogP contribution in [-0.2, 0) is 20.7 Å². The zero-order chi connectivity index (χ0) is 21.0. The lowest BCUT2D eigenvalue weighted by atomic mass is 10.1. The van der Waals surface area contributed by atoms with Gasteiger partial charge in [-0.2, -0.15) is 0 Å². The van der Waals surface area contributed by atoms with E-state index < -0.39 is 11.7 Å². The third-order valence-corrected chi connectivity index (χ3v) is 4.37. The van der Waals surface area contributed by atoms with E-state index in [4.69, 9.17) is 4.74 Å². The molecule has 3 amide bonds. The van der Waals surface area contributed by atoms with Gasteiger partial charge < -0.3 is 20.7 Å². The van der Waals surface area contributed by atoms with Crippen molar-refractivity contribution in [3.8, 4) is 0 Å². The Balaban J connectivity index is 2.04. The van der Waals surface area contributed by atoms with Crippen LogP contribution in [0.1, 0.15) is 45.6 Å². The highest BCUT2D eigenvalue weighted by Gasteiger charge is 2.15. The zero-order valence-electron chi connectivity index (χ0n) is 16.8. The molecule has 0 saturated carbocycles. The van der Waals surface area contributed by atoms with Crippen LogP contribution in [0.5, 0.6) is 0 Å². The number of halogens is 1. The molecule has 0 aliphatic rings. The van der Waals surface area contributed by atoms with Gasteiger partial charge in [-0.15, -0.1) is 0 Å². The number of carbonyl (C=O) groups excluding carboxylic acids is 3. The molecular formula is C20H30BrN3O4. The first-order valence-corrected chi connectivity index (χ1v) is 10.2. The second-order valence-corrected chi connectivity index (χ2v) is 8.18. The molecule has 0 fully saturated rings. The van der Waals surface area contributed by atoms with Crippen LogP contribution in [0.4, 0.5) is 4.79 Å². The average molecular weight is 456 g/mol. The van der Waals surface area contributed by atoms with E-state index in [1.54, 1.807) is 20.8 Å². The second kappa shape index (κ2) is 12.4. The highest BCUT2D eigenvalue weighted by Crippen LogP contribution is 2.17. The SMILES string of the molecule is CC(C)(C)OC(=O)NCCC(=O)NCCCNC(=O)CCc1ccccc1Br. The number of alkyl carbamates (subject to hydrolysis) is 1. The Labute approximate surface area is 175 Å². The molecule has 0 radical (unpaired) electrons. The van der Waals surface area contributed by atoms with Gasteiger partial charge in [0.15, 0.2) is 0 Å². The molecule has 0 unspecified atom stereocenters. The van der Waals surface area contributed by atoms with E-state index >= 15 is 0 Å². The normalized spacial score (nSPS) is 10.9. The van der Waals surface area contributed by atoms with Crippen molar-refractivity contribution in [3.63, 3.8) is 0 Å². The molecule has 0 aliphatic heterocycles. The molecule has 0 bridgehead atoms. The summed E-state index contributed by atoms with van der Waals surface area (Å²) in [6, 6.07) is 7.84. The number of amides is 3. The van der Waals surface area contributed by atoms with Gasteiger partial charge in [0.25, 0.3) is 0 Å². The lowest BCUT2D eigenvalue weighted by Crippen LogP contribution is -2.35. The molecule has 7 nitrogen and oxygen atoms in total. The Morgan fingerprint density at radius 1 is 0.929 bits per heavy atom. The number of carbonyl (C=O) groups is 3. The number of rotatable bonds is 10. The lowest BCUT2D eigenvalue weighted by molar-refractivity contribution is -0.121. The van der Waals surface area contributed by atoms with E-state index in [0.717, 1.165) is 10.0 Å². The minimum Gasteiger partial charge on any atom is -0.444 e. The van der Waals surface area contributed by atoms with E-state index in [9.17, 15) is 14.4 Å². The van der Waals surface area contributed by atoms with Gasteiger partial charge in [0.05, 0.1) is 0 Å². The predicted octanol–water partition coefficient (Wildman–Crippen LogP) is 2.92. The molecule has 0 spiro atoms. The number of hydrogen-bond donors (Lipinski definition) is 3. The van der Waals surface area contributed by atoms with Crippen LogP contribution in [0, 0.1) is 0 Å². The number of ether oxygens (including phenoxy) is 1. The van der Waals surface area contributed by atoms with Crippen LogP contribution in [-0.4, -0.2) is 43.1 Å². The minimum atomic E-state index is -0.561. The van der Waals surface area contributed by atoms with Crippen molar-refractivity contribution in [1.29, 1.82) is 0 Å². The van der Waals surface area contributed by atoms with Gasteiger partial charge in [-0.1, -0.05) is 34.1 Å². The van der Waals surface area contributed by atoms with Crippen LogP contribution in [0.2, 0.25) is 0 Å². The van der Waals surface area contributed by atoms with Crippen molar-refractivity contribution < 1.29 is 19.1 Å². The fraction of sp³-hybridized carbons (Fsp3) is 0.550. The summed E-state index contributed by atoms with van der Waals surface area (Å²) >= 11 is 3.47. The van der Waals surface area contributed by atoms with E-state index in [1.165, 1.54) is 0 Å². The molecule has 1 rings (SSSR count). The van der Waals surface area contributed by atoms with Gasteiger partial charge in [0.1, 0.15) is 5.60 Å². The summed E-state index contributed by atoms with van der Waals surface area (Å²) in [7, 11) is 0. The Morgan fingerprint density at radius 3 is 2.14 bits per heavy atom. The van der Waals surface area contributed by atoms with Gasteiger partial charge >= 0.3 is 6.09 Å². The van der Waals surface area contributed by atoms with Gasteiger partial charge in [0.2, 0.25) is 11.8 Å². The smallest absolute Gasteiger partial charge is 0.407 e. The van der Waals surface area contributed by atoms with Gasteiger partial charge in [-0.25, -0.2) is 4.79 Å². The van der Waals surface area contributed by atoms with Crippen LogP contribution in [0.3, 0.4) is 0 Å². The largest absolute Gasteiger partial charge is 0.444 e. The third kappa shape index (κ3) is 11.6. The molecule has 0 saturated heterocycles. The van der Waals surface area contributed by atoms with Gasteiger partial charge in [-0.3, -0.25) is 9.59 Å². The van der Waals surface area contributed by atoms with Crippen molar-refractivity contribution in [2.45, 2.75) is 52.1 Å². The Morgan fingerprint density at radius 2 is 1.54 bits per heavy atom. The summed E-state index contributed by atoms with van der Waals surface area (Å²) in [6.07, 6.45) is 1.38. The van der Waals surface area contributed by atoms with Crippen LogP contribution in [0.15, 0.2) is 28.7 Å². The fourth-order valence-corrected chi connectivity index (χ4v) is 2.75. The van der Waals surface area contributed by atoms with E-state index in [-0.39, 0.29) is 24.8 Å². The van der Waals surface area contributed by atoms with Crippen molar-refractivity contribution in [1.82, 2.24) is 16.0 Å². The van der Waals surface area contributed by atoms with Crippen molar-refractivity contribution >= 4 is 33.8 Å². The van der Waals surface area contributed by atoms with E-state index in [2.05, 4.69) is 31.9 Å². The quantitative estimate of drug-likeness (QED) is 0.472. The third-order valence-electron chi connectivity index (χ3n) is 3.60. The fourth-order valence-electron chi connectivity index (χ4n) is 2.26. The van der Waals surface area contributed by atoms with Crippen LogP contribution < -0.4 is 16.0 Å². The zero-order valence-corrected chi connectivity index (χ0v) is 18.4. The maximum absolute atomic E-state index is 11.9. The molecule has 0 heterocycles. The molecule has 3 N–H and O–H groups in total. The van der Waals surface area contributed by atoms with Crippen LogP contribution >= 0.6 is 15.9 Å². The topological polar surface area (TPSA) is 96.5 Å². The molecule has 8 heteroatoms. The molecule has 0 atom stereocenters. The molecule has 0 aromatic heterocycles. The molecule has 0 aliphatic carbocycles. The number of hydrogen-bond acceptors (Lipinski definition) is 4. The van der Waals surface area contributed by atoms with Gasteiger partial charge in [0, 0.05) is 36.9 Å². The number of nitrogens with one attached hydrogen (secondary N) is 3. The first-order chi connectivity index (χ1) is 13.2. The monoisotopic (exact) mass is 455 g/mol. The maximum Gasteiger partial charge on any atom is 0.407 e. The summed E-state index contributed by atoms with van der Waals surface area (Å²) in [5.74, 6) is -0.167. The van der Waals surface area contributed by atoms with Crippen molar-refractivity contribution in [2.75, 3.05) is 19.6 Å². The van der Waals surface area contributed by atoms with Crippen LogP contribution in [0.25, 0.3) is 0 Å². The Kier molecular flexibility index (Phi) is 10.6. The van der Waals surface area contributed by atoms with Crippen molar-refractivity contribution in [2.24, 2.45) is 0 Å². The molecular weight excluding hydrogens is 426 g/mol. The highest BCUT2D eigenvalue weighted by atomic mass is 79.9. The second-order valence-electron chi connectivity index (χ2n) is 7.32. The molecule has 1 aromatic rings. The number of aryl methyl sites for hydroxylation is 1. The maximum atomic E-state index is 11.9. The molecule has 156 valence electrons. The lowest BCUT2D eigenvalue weighted by Gasteiger charge is -2.19. The highest BCUT2D eigenvalue weighted by molar-refractivity contribution is 9.10. The Hall–Kier alpha value is -2.09. The van der Waals surface area contributed by atoms with E-state index in [0.29, 0.717) is 32.4 Å². The van der Waals surface area contributed by atoms with E-state index in [1.807, 2.05) is 24.3 Å². The summed E-state index contributed by atoms with van der Waals surface area (Å²) in [5, 5.41) is 8.14. The minimum absolute atomic E-state index is 0.0105. The summed E-state index contributed by atoms with van der Waals surface area (Å²) in [6.45, 7) is 6.52. The van der Waals surface area contributed by atoms with Crippen molar-refractivity contribution in [3.05, 3.63) is 34.3 Å². The Bertz CT molecular complexity index is 659. The standard InChI is InChI=1S/C20H30BrN3O4/c1-20(2,3)28-19(27)24-14-11-18(26)23-13-6-12-22-17(25)10-9-15-7-4-5-8-16(15)21/h4-5,7-8H,6,9-14H2,1-3H3,(H,22,25)(H,23,26)(H,24,27).